The summed E-state index contributed by atoms with van der Waals surface area (Å²) in [6.07, 6.45) is 5.42. The van der Waals surface area contributed by atoms with Crippen molar-refractivity contribution in [3.63, 3.8) is 0 Å². The minimum atomic E-state index is -0.0362. The fourth-order valence-electron chi connectivity index (χ4n) is 2.80. The molecule has 0 fully saturated rings. The highest BCUT2D eigenvalue weighted by molar-refractivity contribution is 7.99. The lowest BCUT2D eigenvalue weighted by Crippen LogP contribution is -2.14. The molecule has 2 heterocycles. The van der Waals surface area contributed by atoms with Gasteiger partial charge in [0.05, 0.1) is 17.6 Å². The fourth-order valence-corrected chi connectivity index (χ4v) is 3.65. The van der Waals surface area contributed by atoms with Crippen molar-refractivity contribution in [2.24, 2.45) is 0 Å². The molecule has 0 saturated heterocycles. The summed E-state index contributed by atoms with van der Waals surface area (Å²) in [5.74, 6) is 0.758. The second-order valence-corrected chi connectivity index (χ2v) is 7.47. The maximum Gasteiger partial charge on any atom is 0.234 e. The molecule has 0 radical (unpaired) electrons. The van der Waals surface area contributed by atoms with Gasteiger partial charge in [-0.05, 0) is 42.7 Å². The normalized spacial score (nSPS) is 11.0. The zero-order chi connectivity index (χ0) is 19.2. The number of nitrogens with one attached hydrogen (secondary N) is 1. The Morgan fingerprint density at radius 1 is 1.19 bits per heavy atom. The number of amides is 1. The van der Waals surface area contributed by atoms with Gasteiger partial charge in [-0.3, -0.25) is 9.78 Å². The zero-order valence-corrected chi connectivity index (χ0v) is 16.7. The second-order valence-electron chi connectivity index (χ2n) is 6.53. The van der Waals surface area contributed by atoms with Crippen LogP contribution in [-0.2, 0) is 11.3 Å². The first-order chi connectivity index (χ1) is 13.1. The van der Waals surface area contributed by atoms with Gasteiger partial charge < -0.3 is 9.88 Å². The van der Waals surface area contributed by atoms with E-state index < -0.39 is 0 Å². The van der Waals surface area contributed by atoms with E-state index in [1.807, 2.05) is 36.7 Å². The van der Waals surface area contributed by atoms with E-state index in [-0.39, 0.29) is 5.91 Å². The standard InChI is InChI=1S/C21H24N4OS/c1-4-25-19(17-6-5-11-22-12-17)13-23-21(25)27-14-20(26)24-18-9-7-16(8-10-18)15(2)3/h5-13,15H,4,14H2,1-3H3,(H,24,26). The van der Waals surface area contributed by atoms with Gasteiger partial charge in [0.25, 0.3) is 0 Å². The molecule has 5 nitrogen and oxygen atoms in total. The molecule has 140 valence electrons. The Bertz CT molecular complexity index is 888. The lowest BCUT2D eigenvalue weighted by atomic mass is 10.0. The van der Waals surface area contributed by atoms with Gasteiger partial charge in [-0.2, -0.15) is 0 Å². The number of benzene rings is 1. The van der Waals surface area contributed by atoms with Gasteiger partial charge in [-0.15, -0.1) is 0 Å². The first kappa shape index (κ1) is 19.2. The number of hydrogen-bond acceptors (Lipinski definition) is 4. The maximum atomic E-state index is 12.3. The summed E-state index contributed by atoms with van der Waals surface area (Å²) in [6.45, 7) is 7.16. The zero-order valence-electron chi connectivity index (χ0n) is 15.8. The predicted octanol–water partition coefficient (Wildman–Crippen LogP) is 4.82. The van der Waals surface area contributed by atoms with Gasteiger partial charge >= 0.3 is 0 Å². The van der Waals surface area contributed by atoms with Crippen LogP contribution >= 0.6 is 11.8 Å². The summed E-state index contributed by atoms with van der Waals surface area (Å²) >= 11 is 1.44. The minimum Gasteiger partial charge on any atom is -0.325 e. The molecule has 6 heteroatoms. The Kier molecular flexibility index (Phi) is 6.29. The molecule has 0 spiro atoms. The van der Waals surface area contributed by atoms with Crippen molar-refractivity contribution < 1.29 is 4.79 Å². The molecule has 3 rings (SSSR count). The molecule has 2 aromatic heterocycles. The van der Waals surface area contributed by atoms with E-state index in [0.717, 1.165) is 28.6 Å². The number of carbonyl (C=O) groups is 1. The van der Waals surface area contributed by atoms with Crippen LogP contribution in [0.4, 0.5) is 5.69 Å². The van der Waals surface area contributed by atoms with Crippen LogP contribution in [0, 0.1) is 0 Å². The molecule has 0 aliphatic heterocycles. The van der Waals surface area contributed by atoms with Crippen LogP contribution in [0.2, 0.25) is 0 Å². The number of thioether (sulfide) groups is 1. The number of carbonyl (C=O) groups excluding carboxylic acids is 1. The van der Waals surface area contributed by atoms with Crippen molar-refractivity contribution in [3.8, 4) is 11.3 Å². The van der Waals surface area contributed by atoms with Crippen LogP contribution in [0.5, 0.6) is 0 Å². The highest BCUT2D eigenvalue weighted by atomic mass is 32.2. The summed E-state index contributed by atoms with van der Waals surface area (Å²) in [4.78, 5) is 21.0. The Morgan fingerprint density at radius 3 is 2.59 bits per heavy atom. The molecule has 0 bridgehead atoms. The third-order valence-electron chi connectivity index (χ3n) is 4.29. The average Bonchev–Trinajstić information content (AvgIpc) is 3.10. The number of rotatable bonds is 7. The molecule has 27 heavy (non-hydrogen) atoms. The SMILES string of the molecule is CCn1c(-c2cccnc2)cnc1SCC(=O)Nc1ccc(C(C)C)cc1. The maximum absolute atomic E-state index is 12.3. The number of aromatic nitrogens is 3. The van der Waals surface area contributed by atoms with E-state index in [4.69, 9.17) is 0 Å². The molecule has 0 atom stereocenters. The number of hydrogen-bond donors (Lipinski definition) is 1. The van der Waals surface area contributed by atoms with E-state index in [9.17, 15) is 4.79 Å². The third kappa shape index (κ3) is 4.77. The number of nitrogens with zero attached hydrogens (tertiary/aromatic N) is 3. The Morgan fingerprint density at radius 2 is 1.96 bits per heavy atom. The number of anilines is 1. The number of pyridine rings is 1. The van der Waals surface area contributed by atoms with Crippen LogP contribution in [-0.4, -0.2) is 26.2 Å². The largest absolute Gasteiger partial charge is 0.325 e. The minimum absolute atomic E-state index is 0.0362. The van der Waals surface area contributed by atoms with Crippen LogP contribution < -0.4 is 5.32 Å². The van der Waals surface area contributed by atoms with Crippen molar-refractivity contribution in [3.05, 3.63) is 60.6 Å². The van der Waals surface area contributed by atoms with Crippen molar-refractivity contribution in [2.75, 3.05) is 11.1 Å². The average molecular weight is 381 g/mol. The molecule has 1 N–H and O–H groups in total. The van der Waals surface area contributed by atoms with Crippen LogP contribution in [0.25, 0.3) is 11.3 Å². The Hall–Kier alpha value is -2.60. The highest BCUT2D eigenvalue weighted by Crippen LogP contribution is 2.25. The lowest BCUT2D eigenvalue weighted by molar-refractivity contribution is -0.113. The first-order valence-corrected chi connectivity index (χ1v) is 10.1. The predicted molar refractivity (Wildman–Crippen MR) is 111 cm³/mol. The van der Waals surface area contributed by atoms with Gasteiger partial charge in [0.2, 0.25) is 5.91 Å². The van der Waals surface area contributed by atoms with E-state index in [1.54, 1.807) is 6.20 Å². The molecule has 1 aromatic carbocycles. The molecular formula is C21H24N4OS. The summed E-state index contributed by atoms with van der Waals surface area (Å²) in [7, 11) is 0. The Labute approximate surface area is 164 Å². The summed E-state index contributed by atoms with van der Waals surface area (Å²) in [6, 6.07) is 11.9. The van der Waals surface area contributed by atoms with E-state index >= 15 is 0 Å². The van der Waals surface area contributed by atoms with Crippen molar-refractivity contribution in [1.82, 2.24) is 14.5 Å². The number of imidazole rings is 1. The quantitative estimate of drug-likeness (QED) is 0.597. The fraction of sp³-hybridized carbons (Fsp3) is 0.286. The lowest BCUT2D eigenvalue weighted by Gasteiger charge is -2.10. The van der Waals surface area contributed by atoms with Crippen LogP contribution in [0.1, 0.15) is 32.3 Å². The van der Waals surface area contributed by atoms with Crippen molar-refractivity contribution in [1.29, 1.82) is 0 Å². The summed E-state index contributed by atoms with van der Waals surface area (Å²) < 4.78 is 2.10. The highest BCUT2D eigenvalue weighted by Gasteiger charge is 2.13. The molecular weight excluding hydrogens is 356 g/mol. The van der Waals surface area contributed by atoms with Crippen molar-refractivity contribution >= 4 is 23.4 Å². The van der Waals surface area contributed by atoms with Gasteiger partial charge in [-0.25, -0.2) is 4.98 Å². The molecule has 1 amide bonds. The van der Waals surface area contributed by atoms with Gasteiger partial charge in [0.1, 0.15) is 0 Å². The van der Waals surface area contributed by atoms with Gasteiger partial charge in [0.15, 0.2) is 5.16 Å². The van der Waals surface area contributed by atoms with Gasteiger partial charge in [0, 0.05) is 30.2 Å². The third-order valence-corrected chi connectivity index (χ3v) is 5.28. The summed E-state index contributed by atoms with van der Waals surface area (Å²) in [5.41, 5.74) is 4.11. The second kappa shape index (κ2) is 8.86. The van der Waals surface area contributed by atoms with Crippen LogP contribution in [0.3, 0.4) is 0 Å². The molecule has 0 unspecified atom stereocenters. The van der Waals surface area contributed by atoms with E-state index in [2.05, 4.69) is 52.8 Å². The van der Waals surface area contributed by atoms with Crippen LogP contribution in [0.15, 0.2) is 60.1 Å². The van der Waals surface area contributed by atoms with E-state index in [1.165, 1.54) is 17.3 Å². The smallest absolute Gasteiger partial charge is 0.234 e. The molecule has 0 aliphatic carbocycles. The Balaban J connectivity index is 1.63. The molecule has 3 aromatic rings. The first-order valence-electron chi connectivity index (χ1n) is 9.07. The summed E-state index contributed by atoms with van der Waals surface area (Å²) in [5, 5.41) is 3.78. The topological polar surface area (TPSA) is 59.8 Å². The van der Waals surface area contributed by atoms with Crippen molar-refractivity contribution in [2.45, 2.75) is 38.4 Å². The molecule has 0 saturated carbocycles. The van der Waals surface area contributed by atoms with E-state index in [0.29, 0.717) is 11.7 Å². The monoisotopic (exact) mass is 380 g/mol. The molecule has 0 aliphatic rings. The van der Waals surface area contributed by atoms with Gasteiger partial charge in [-0.1, -0.05) is 37.7 Å².